The van der Waals surface area contributed by atoms with Crippen molar-refractivity contribution in [2.75, 3.05) is 0 Å². The molecule has 2 amide bonds. The van der Waals surface area contributed by atoms with Crippen LogP contribution in [0.15, 0.2) is 76.1 Å². The monoisotopic (exact) mass is 448 g/mol. The number of carbonyl (C=O) groups is 3. The van der Waals surface area contributed by atoms with Crippen LogP contribution in [0.5, 0.6) is 0 Å². The van der Waals surface area contributed by atoms with Gasteiger partial charge in [-0.3, -0.25) is 19.8 Å². The molecule has 3 aromatic rings. The van der Waals surface area contributed by atoms with Crippen LogP contribution >= 0.6 is 24.0 Å². The number of hydrazine groups is 1. The van der Waals surface area contributed by atoms with Gasteiger partial charge >= 0.3 is 0 Å². The lowest BCUT2D eigenvalue weighted by molar-refractivity contribution is -0.123. The van der Waals surface area contributed by atoms with Crippen LogP contribution in [0.25, 0.3) is 17.4 Å². The number of carbonyl (C=O) groups excluding carboxylic acids is 3. The highest BCUT2D eigenvalue weighted by atomic mass is 32.2. The van der Waals surface area contributed by atoms with Crippen LogP contribution < -0.4 is 5.43 Å². The molecule has 154 valence electrons. The lowest BCUT2D eigenvalue weighted by Gasteiger charge is -2.15. The van der Waals surface area contributed by atoms with Gasteiger partial charge in [-0.2, -0.15) is 5.01 Å². The summed E-state index contributed by atoms with van der Waals surface area (Å²) >= 11 is 6.33. The average Bonchev–Trinajstić information content (AvgIpc) is 3.35. The number of Topliss-reactive ketones (excluding diaryl/α,β-unsaturated/α-hetero) is 1. The number of furan rings is 1. The zero-order valence-electron chi connectivity index (χ0n) is 16.3. The second kappa shape index (κ2) is 8.71. The third kappa shape index (κ3) is 4.50. The van der Waals surface area contributed by atoms with Crippen LogP contribution in [0.3, 0.4) is 0 Å². The molecule has 1 N–H and O–H groups in total. The number of hydrogen-bond donors (Lipinski definition) is 1. The first-order chi connectivity index (χ1) is 14.9. The van der Waals surface area contributed by atoms with Gasteiger partial charge in [0, 0.05) is 22.8 Å². The smallest absolute Gasteiger partial charge is 0.285 e. The normalized spacial score (nSPS) is 14.9. The molecule has 1 saturated heterocycles. The molecule has 1 aliphatic rings. The van der Waals surface area contributed by atoms with Crippen LogP contribution in [-0.4, -0.2) is 26.9 Å². The van der Waals surface area contributed by atoms with E-state index in [1.54, 1.807) is 72.8 Å². The van der Waals surface area contributed by atoms with E-state index in [-0.39, 0.29) is 10.1 Å². The summed E-state index contributed by atoms with van der Waals surface area (Å²) in [5, 5.41) is 1.06. The maximum atomic E-state index is 12.7. The molecule has 0 aliphatic carbocycles. The van der Waals surface area contributed by atoms with Crippen molar-refractivity contribution in [3.8, 4) is 11.3 Å². The van der Waals surface area contributed by atoms with Crippen LogP contribution in [0.4, 0.5) is 0 Å². The maximum absolute atomic E-state index is 12.7. The number of hydrogen-bond acceptors (Lipinski definition) is 6. The minimum Gasteiger partial charge on any atom is -0.457 e. The van der Waals surface area contributed by atoms with Gasteiger partial charge in [0.1, 0.15) is 11.5 Å². The molecule has 31 heavy (non-hydrogen) atoms. The van der Waals surface area contributed by atoms with Crippen molar-refractivity contribution in [2.45, 2.75) is 6.92 Å². The molecule has 0 saturated carbocycles. The quantitative estimate of drug-likeness (QED) is 0.346. The van der Waals surface area contributed by atoms with Crippen molar-refractivity contribution in [1.29, 1.82) is 0 Å². The van der Waals surface area contributed by atoms with Crippen molar-refractivity contribution in [2.24, 2.45) is 0 Å². The van der Waals surface area contributed by atoms with Gasteiger partial charge in [-0.1, -0.05) is 54.2 Å². The minimum absolute atomic E-state index is 0.00642. The maximum Gasteiger partial charge on any atom is 0.285 e. The van der Waals surface area contributed by atoms with Crippen molar-refractivity contribution < 1.29 is 18.8 Å². The second-order valence-electron chi connectivity index (χ2n) is 6.66. The summed E-state index contributed by atoms with van der Waals surface area (Å²) in [5.74, 6) is 0.221. The summed E-state index contributed by atoms with van der Waals surface area (Å²) in [7, 11) is 0. The first-order valence-corrected chi connectivity index (χ1v) is 10.5. The van der Waals surface area contributed by atoms with E-state index < -0.39 is 11.8 Å². The molecular weight excluding hydrogens is 432 g/mol. The first-order valence-electron chi connectivity index (χ1n) is 9.27. The lowest BCUT2D eigenvalue weighted by Crippen LogP contribution is -2.44. The van der Waals surface area contributed by atoms with Gasteiger partial charge in [0.25, 0.3) is 11.8 Å². The Morgan fingerprint density at radius 3 is 2.39 bits per heavy atom. The van der Waals surface area contributed by atoms with E-state index >= 15 is 0 Å². The van der Waals surface area contributed by atoms with Crippen LogP contribution in [-0.2, 0) is 4.79 Å². The molecule has 6 nitrogen and oxygen atoms in total. The van der Waals surface area contributed by atoms with Gasteiger partial charge in [-0.05, 0) is 43.4 Å². The largest absolute Gasteiger partial charge is 0.457 e. The van der Waals surface area contributed by atoms with Crippen molar-refractivity contribution in [3.05, 3.63) is 88.5 Å². The van der Waals surface area contributed by atoms with Gasteiger partial charge in [0.15, 0.2) is 10.1 Å². The third-order valence-electron chi connectivity index (χ3n) is 4.52. The molecule has 8 heteroatoms. The Morgan fingerprint density at radius 2 is 1.71 bits per heavy atom. The zero-order chi connectivity index (χ0) is 22.0. The van der Waals surface area contributed by atoms with Gasteiger partial charge in [-0.25, -0.2) is 0 Å². The Morgan fingerprint density at radius 1 is 1.00 bits per heavy atom. The Bertz CT molecular complexity index is 1210. The zero-order valence-corrected chi connectivity index (χ0v) is 18.0. The van der Waals surface area contributed by atoms with Crippen LogP contribution in [0.1, 0.15) is 33.4 Å². The summed E-state index contributed by atoms with van der Waals surface area (Å²) < 4.78 is 6.05. The van der Waals surface area contributed by atoms with Crippen molar-refractivity contribution in [3.63, 3.8) is 0 Å². The van der Waals surface area contributed by atoms with E-state index in [1.165, 1.54) is 6.92 Å². The molecular formula is C23H16N2O4S2. The molecule has 1 aliphatic heterocycles. The molecule has 0 spiro atoms. The Hall–Kier alpha value is -3.49. The second-order valence-corrected chi connectivity index (χ2v) is 8.34. The topological polar surface area (TPSA) is 79.6 Å². The van der Waals surface area contributed by atoms with Crippen LogP contribution in [0.2, 0.25) is 0 Å². The van der Waals surface area contributed by atoms with E-state index in [9.17, 15) is 14.4 Å². The van der Waals surface area contributed by atoms with E-state index in [0.717, 1.165) is 22.3 Å². The molecule has 0 atom stereocenters. The fourth-order valence-electron chi connectivity index (χ4n) is 2.90. The summed E-state index contributed by atoms with van der Waals surface area (Å²) in [6.07, 6.45) is 1.58. The SMILES string of the molecule is CC(=O)c1ccc(-c2ccc(/C=C3/SC(=S)N(NC(=O)c4ccccc4)C3=O)o2)cc1. The highest BCUT2D eigenvalue weighted by Gasteiger charge is 2.34. The number of ketones is 1. The third-order valence-corrected chi connectivity index (χ3v) is 5.82. The van der Waals surface area contributed by atoms with Gasteiger partial charge in [-0.15, -0.1) is 0 Å². The van der Waals surface area contributed by atoms with Gasteiger partial charge in [0.2, 0.25) is 0 Å². The molecule has 2 aromatic carbocycles. The first kappa shape index (κ1) is 20.8. The average molecular weight is 449 g/mol. The number of rotatable bonds is 5. The molecule has 2 heterocycles. The van der Waals surface area contributed by atoms with Gasteiger partial charge in [0.05, 0.1) is 4.91 Å². The van der Waals surface area contributed by atoms with Crippen molar-refractivity contribution >= 4 is 52.0 Å². The van der Waals surface area contributed by atoms with Crippen LogP contribution in [0, 0.1) is 0 Å². The summed E-state index contributed by atoms with van der Waals surface area (Å²) in [5.41, 5.74) is 4.40. The summed E-state index contributed by atoms with van der Waals surface area (Å²) in [6, 6.07) is 19.2. The number of thioether (sulfide) groups is 1. The van der Waals surface area contributed by atoms with E-state index in [0.29, 0.717) is 27.6 Å². The molecule has 0 unspecified atom stereocenters. The lowest BCUT2D eigenvalue weighted by atomic mass is 10.1. The fraction of sp³-hybridized carbons (Fsp3) is 0.0435. The minimum atomic E-state index is -0.428. The molecule has 0 bridgehead atoms. The fourth-order valence-corrected chi connectivity index (χ4v) is 4.06. The number of thiocarbonyl (C=S) groups is 1. The standard InChI is InChI=1S/C23H16N2O4S2/c1-14(26)15-7-9-16(10-8-15)19-12-11-18(29-19)13-20-22(28)25(23(30)31-20)24-21(27)17-5-3-2-4-6-17/h2-13H,1H3,(H,24,27)/b20-13+. The molecule has 1 aromatic heterocycles. The van der Waals surface area contributed by atoms with E-state index in [2.05, 4.69) is 5.43 Å². The van der Waals surface area contributed by atoms with Gasteiger partial charge < -0.3 is 4.42 Å². The number of nitrogens with zero attached hydrogens (tertiary/aromatic N) is 1. The summed E-state index contributed by atoms with van der Waals surface area (Å²) in [4.78, 5) is 36.8. The van der Waals surface area contributed by atoms with Crippen molar-refractivity contribution in [1.82, 2.24) is 10.4 Å². The molecule has 1 fully saturated rings. The van der Waals surface area contributed by atoms with E-state index in [4.69, 9.17) is 16.6 Å². The Kier molecular flexibility index (Phi) is 5.83. The number of amides is 2. The Balaban J connectivity index is 1.49. The Labute approximate surface area is 187 Å². The number of benzene rings is 2. The van der Waals surface area contributed by atoms with E-state index in [1.807, 2.05) is 0 Å². The summed E-state index contributed by atoms with van der Waals surface area (Å²) in [6.45, 7) is 1.51. The highest BCUT2D eigenvalue weighted by Crippen LogP contribution is 2.32. The predicted octanol–water partition coefficient (Wildman–Crippen LogP) is 4.70. The predicted molar refractivity (Wildman–Crippen MR) is 123 cm³/mol. The number of nitrogens with one attached hydrogen (secondary N) is 1. The molecule has 4 rings (SSSR count). The molecule has 0 radical (unpaired) electrons. The highest BCUT2D eigenvalue weighted by molar-refractivity contribution is 8.26.